The molecular formula is C11H15N3O. The second kappa shape index (κ2) is 4.89. The third-order valence-corrected chi connectivity index (χ3v) is 2.75. The number of nitrogens with zero attached hydrogens (tertiary/aromatic N) is 3. The fourth-order valence-corrected chi connectivity index (χ4v) is 1.87. The van der Waals surface area contributed by atoms with Crippen LogP contribution in [0.15, 0.2) is 35.5 Å². The quantitative estimate of drug-likeness (QED) is 0.702. The number of nitroso groups, excluding NO2 is 1. The fourth-order valence-electron chi connectivity index (χ4n) is 1.87. The minimum absolute atomic E-state index is 0.322. The van der Waals surface area contributed by atoms with Crippen LogP contribution in [-0.2, 0) is 0 Å². The molecule has 0 atom stereocenters. The SMILES string of the molecule is O=NCN1CCN(c2ccccc2)CC1. The Bertz CT molecular complexity index is 307. The minimum Gasteiger partial charge on any atom is -0.369 e. The Morgan fingerprint density at radius 3 is 2.33 bits per heavy atom. The van der Waals surface area contributed by atoms with Gasteiger partial charge in [-0.2, -0.15) is 0 Å². The van der Waals surface area contributed by atoms with Crippen molar-refractivity contribution in [2.45, 2.75) is 0 Å². The van der Waals surface area contributed by atoms with Crippen LogP contribution in [0.25, 0.3) is 0 Å². The first kappa shape index (κ1) is 10.1. The zero-order valence-corrected chi connectivity index (χ0v) is 8.67. The van der Waals surface area contributed by atoms with E-state index in [1.54, 1.807) is 0 Å². The second-order valence-electron chi connectivity index (χ2n) is 3.71. The van der Waals surface area contributed by atoms with Gasteiger partial charge in [-0.05, 0) is 12.1 Å². The van der Waals surface area contributed by atoms with Crippen LogP contribution in [0.4, 0.5) is 5.69 Å². The molecule has 2 rings (SSSR count). The maximum Gasteiger partial charge on any atom is 0.134 e. The van der Waals surface area contributed by atoms with Gasteiger partial charge in [-0.25, -0.2) is 0 Å². The standard InChI is InChI=1S/C11H15N3O/c15-12-10-13-6-8-14(9-7-13)11-4-2-1-3-5-11/h1-5H,6-10H2. The Morgan fingerprint density at radius 1 is 1.07 bits per heavy atom. The number of piperazine rings is 1. The molecule has 1 aliphatic heterocycles. The van der Waals surface area contributed by atoms with Crippen LogP contribution in [0.5, 0.6) is 0 Å². The van der Waals surface area contributed by atoms with E-state index in [1.807, 2.05) is 6.07 Å². The van der Waals surface area contributed by atoms with Crippen molar-refractivity contribution in [3.8, 4) is 0 Å². The van der Waals surface area contributed by atoms with Gasteiger partial charge in [0.15, 0.2) is 0 Å². The lowest BCUT2D eigenvalue weighted by molar-refractivity contribution is 0.265. The highest BCUT2D eigenvalue weighted by atomic mass is 16.3. The lowest BCUT2D eigenvalue weighted by Crippen LogP contribution is -2.46. The molecule has 0 aliphatic carbocycles. The van der Waals surface area contributed by atoms with E-state index in [0.29, 0.717) is 6.67 Å². The highest BCUT2D eigenvalue weighted by molar-refractivity contribution is 5.46. The molecule has 1 aromatic rings. The molecule has 0 amide bonds. The Morgan fingerprint density at radius 2 is 1.73 bits per heavy atom. The van der Waals surface area contributed by atoms with Gasteiger partial charge >= 0.3 is 0 Å². The van der Waals surface area contributed by atoms with E-state index >= 15 is 0 Å². The van der Waals surface area contributed by atoms with Gasteiger partial charge in [0.25, 0.3) is 0 Å². The van der Waals surface area contributed by atoms with Gasteiger partial charge in [0.2, 0.25) is 0 Å². The molecule has 0 saturated carbocycles. The summed E-state index contributed by atoms with van der Waals surface area (Å²) in [5.41, 5.74) is 1.26. The first-order valence-corrected chi connectivity index (χ1v) is 5.21. The maximum atomic E-state index is 10.1. The normalized spacial score (nSPS) is 17.7. The molecule has 0 spiro atoms. The summed E-state index contributed by atoms with van der Waals surface area (Å²) in [6, 6.07) is 10.4. The average molecular weight is 205 g/mol. The third-order valence-electron chi connectivity index (χ3n) is 2.75. The first-order chi connectivity index (χ1) is 7.40. The van der Waals surface area contributed by atoms with Crippen molar-refractivity contribution >= 4 is 5.69 Å². The molecular weight excluding hydrogens is 190 g/mol. The second-order valence-corrected chi connectivity index (χ2v) is 3.71. The molecule has 0 bridgehead atoms. The van der Waals surface area contributed by atoms with Crippen molar-refractivity contribution in [1.29, 1.82) is 0 Å². The molecule has 1 aromatic carbocycles. The van der Waals surface area contributed by atoms with Crippen molar-refractivity contribution < 1.29 is 0 Å². The maximum absolute atomic E-state index is 10.1. The van der Waals surface area contributed by atoms with E-state index in [1.165, 1.54) is 5.69 Å². The number of hydrogen-bond donors (Lipinski definition) is 0. The number of anilines is 1. The van der Waals surface area contributed by atoms with E-state index in [2.05, 4.69) is 39.2 Å². The first-order valence-electron chi connectivity index (χ1n) is 5.21. The molecule has 0 radical (unpaired) electrons. The van der Waals surface area contributed by atoms with Crippen LogP contribution in [0.1, 0.15) is 0 Å². The van der Waals surface area contributed by atoms with Gasteiger partial charge in [0.05, 0.1) is 0 Å². The summed E-state index contributed by atoms with van der Waals surface area (Å²) >= 11 is 0. The summed E-state index contributed by atoms with van der Waals surface area (Å²) in [5.74, 6) is 0. The highest BCUT2D eigenvalue weighted by Crippen LogP contribution is 2.15. The van der Waals surface area contributed by atoms with Gasteiger partial charge in [-0.3, -0.25) is 4.90 Å². The summed E-state index contributed by atoms with van der Waals surface area (Å²) in [5, 5.41) is 2.91. The van der Waals surface area contributed by atoms with Gasteiger partial charge < -0.3 is 4.90 Å². The van der Waals surface area contributed by atoms with Crippen molar-refractivity contribution in [3.05, 3.63) is 35.2 Å². The van der Waals surface area contributed by atoms with Crippen LogP contribution in [0.3, 0.4) is 0 Å². The Labute approximate surface area is 89.5 Å². The van der Waals surface area contributed by atoms with Crippen LogP contribution < -0.4 is 4.90 Å². The summed E-state index contributed by atoms with van der Waals surface area (Å²) in [4.78, 5) is 14.5. The molecule has 80 valence electrons. The summed E-state index contributed by atoms with van der Waals surface area (Å²) in [6.07, 6.45) is 0. The summed E-state index contributed by atoms with van der Waals surface area (Å²) < 4.78 is 0. The average Bonchev–Trinajstić information content (AvgIpc) is 2.32. The molecule has 1 saturated heterocycles. The van der Waals surface area contributed by atoms with Crippen LogP contribution in [0.2, 0.25) is 0 Å². The van der Waals surface area contributed by atoms with Crippen LogP contribution >= 0.6 is 0 Å². The Hall–Kier alpha value is -1.42. The molecule has 0 aromatic heterocycles. The third kappa shape index (κ3) is 2.53. The molecule has 1 heterocycles. The predicted molar refractivity (Wildman–Crippen MR) is 60.9 cm³/mol. The number of rotatable bonds is 3. The smallest absolute Gasteiger partial charge is 0.134 e. The van der Waals surface area contributed by atoms with Gasteiger partial charge in [-0.15, -0.1) is 4.91 Å². The lowest BCUT2D eigenvalue weighted by Gasteiger charge is -2.34. The number of hydrogen-bond acceptors (Lipinski definition) is 4. The fraction of sp³-hybridized carbons (Fsp3) is 0.455. The minimum atomic E-state index is 0.322. The predicted octanol–water partition coefficient (Wildman–Crippen LogP) is 1.53. The number of benzene rings is 1. The molecule has 15 heavy (non-hydrogen) atoms. The zero-order chi connectivity index (χ0) is 10.5. The van der Waals surface area contributed by atoms with E-state index in [0.717, 1.165) is 26.2 Å². The van der Waals surface area contributed by atoms with Crippen molar-refractivity contribution in [2.24, 2.45) is 5.18 Å². The molecule has 4 heteroatoms. The van der Waals surface area contributed by atoms with E-state index in [4.69, 9.17) is 0 Å². The van der Waals surface area contributed by atoms with Crippen molar-refractivity contribution in [3.63, 3.8) is 0 Å². The monoisotopic (exact) mass is 205 g/mol. The zero-order valence-electron chi connectivity index (χ0n) is 8.67. The molecule has 4 nitrogen and oxygen atoms in total. The summed E-state index contributed by atoms with van der Waals surface area (Å²) in [6.45, 7) is 4.10. The highest BCUT2D eigenvalue weighted by Gasteiger charge is 2.16. The van der Waals surface area contributed by atoms with Gasteiger partial charge in [-0.1, -0.05) is 23.4 Å². The summed E-state index contributed by atoms with van der Waals surface area (Å²) in [7, 11) is 0. The molecule has 1 aliphatic rings. The van der Waals surface area contributed by atoms with E-state index < -0.39 is 0 Å². The molecule has 0 unspecified atom stereocenters. The van der Waals surface area contributed by atoms with Crippen LogP contribution in [-0.4, -0.2) is 37.7 Å². The van der Waals surface area contributed by atoms with Crippen molar-refractivity contribution in [2.75, 3.05) is 37.7 Å². The molecule has 0 N–H and O–H groups in total. The largest absolute Gasteiger partial charge is 0.369 e. The van der Waals surface area contributed by atoms with Crippen molar-refractivity contribution in [1.82, 2.24) is 4.90 Å². The van der Waals surface area contributed by atoms with Gasteiger partial charge in [0.1, 0.15) is 6.67 Å². The van der Waals surface area contributed by atoms with Crippen LogP contribution in [0, 0.1) is 4.91 Å². The molecule has 1 fully saturated rings. The lowest BCUT2D eigenvalue weighted by atomic mass is 10.2. The number of para-hydroxylation sites is 1. The Kier molecular flexibility index (Phi) is 3.29. The van der Waals surface area contributed by atoms with E-state index in [-0.39, 0.29) is 0 Å². The van der Waals surface area contributed by atoms with Gasteiger partial charge in [0, 0.05) is 31.9 Å². The van der Waals surface area contributed by atoms with E-state index in [9.17, 15) is 4.91 Å². The Balaban J connectivity index is 1.91. The topological polar surface area (TPSA) is 35.9 Å².